The van der Waals surface area contributed by atoms with E-state index < -0.39 is 0 Å². The van der Waals surface area contributed by atoms with Crippen LogP contribution in [0, 0.1) is 0 Å². The first kappa shape index (κ1) is 13.2. The zero-order valence-corrected chi connectivity index (χ0v) is 12.0. The van der Waals surface area contributed by atoms with Gasteiger partial charge in [0.2, 0.25) is 0 Å². The number of fused-ring (bicyclic) bond motifs is 3. The smallest absolute Gasteiger partial charge is 0.122 e. The minimum absolute atomic E-state index is 0.278. The molecule has 0 heterocycles. The first-order valence-electron chi connectivity index (χ1n) is 7.15. The summed E-state index contributed by atoms with van der Waals surface area (Å²) in [6, 6.07) is 13.0. The van der Waals surface area contributed by atoms with Crippen LogP contribution in [0.2, 0.25) is 0 Å². The maximum absolute atomic E-state index is 9.49. The highest BCUT2D eigenvalue weighted by Crippen LogP contribution is 2.40. The number of rotatable bonds is 4. The molecule has 1 aliphatic carbocycles. The minimum Gasteiger partial charge on any atom is -0.496 e. The molecule has 0 radical (unpaired) electrons. The maximum Gasteiger partial charge on any atom is 0.122 e. The summed E-state index contributed by atoms with van der Waals surface area (Å²) in [6.45, 7) is 1.83. The Labute approximate surface area is 120 Å². The maximum atomic E-state index is 9.49. The predicted octanol–water partition coefficient (Wildman–Crippen LogP) is 3.58. The molecule has 0 saturated carbocycles. The molecular formula is C18H20O2. The zero-order chi connectivity index (χ0) is 14.1. The second kappa shape index (κ2) is 5.29. The Hall–Kier alpha value is -1.80. The average Bonchev–Trinajstić information content (AvgIpc) is 2.81. The van der Waals surface area contributed by atoms with Gasteiger partial charge in [-0.25, -0.2) is 0 Å². The van der Waals surface area contributed by atoms with E-state index in [1.807, 2.05) is 6.92 Å². The van der Waals surface area contributed by atoms with E-state index in [4.69, 9.17) is 4.74 Å². The van der Waals surface area contributed by atoms with E-state index in [0.717, 1.165) is 25.0 Å². The van der Waals surface area contributed by atoms with Gasteiger partial charge in [0, 0.05) is 0 Å². The molecule has 2 aromatic rings. The van der Waals surface area contributed by atoms with Gasteiger partial charge in [-0.3, -0.25) is 0 Å². The van der Waals surface area contributed by atoms with Crippen LogP contribution < -0.4 is 4.74 Å². The lowest BCUT2D eigenvalue weighted by molar-refractivity contribution is 0.184. The predicted molar refractivity (Wildman–Crippen MR) is 81.2 cm³/mol. The quantitative estimate of drug-likeness (QED) is 0.783. The van der Waals surface area contributed by atoms with E-state index in [9.17, 15) is 5.11 Å². The Morgan fingerprint density at radius 1 is 1.15 bits per heavy atom. The summed E-state index contributed by atoms with van der Waals surface area (Å²) in [6.07, 6.45) is 2.31. The van der Waals surface area contributed by atoms with E-state index in [0.29, 0.717) is 0 Å². The molecule has 1 aliphatic rings. The van der Waals surface area contributed by atoms with Crippen molar-refractivity contribution in [2.75, 3.05) is 7.11 Å². The van der Waals surface area contributed by atoms with Crippen molar-refractivity contribution in [1.82, 2.24) is 0 Å². The molecule has 0 aliphatic heterocycles. The number of aliphatic hydroxyl groups excluding tert-OH is 1. The molecule has 0 bridgehead atoms. The van der Waals surface area contributed by atoms with Crippen molar-refractivity contribution < 1.29 is 9.84 Å². The highest BCUT2D eigenvalue weighted by atomic mass is 16.5. The molecule has 1 atom stereocenters. The Kier molecular flexibility index (Phi) is 3.49. The summed E-state index contributed by atoms with van der Waals surface area (Å²) < 4.78 is 5.52. The summed E-state index contributed by atoms with van der Waals surface area (Å²) in [5, 5.41) is 9.49. The van der Waals surface area contributed by atoms with Crippen molar-refractivity contribution in [3.05, 3.63) is 53.1 Å². The van der Waals surface area contributed by atoms with Crippen LogP contribution in [0.25, 0.3) is 11.1 Å². The van der Waals surface area contributed by atoms with Gasteiger partial charge in [-0.1, -0.05) is 24.3 Å². The van der Waals surface area contributed by atoms with Crippen molar-refractivity contribution in [1.29, 1.82) is 0 Å². The Morgan fingerprint density at radius 2 is 1.95 bits per heavy atom. The van der Waals surface area contributed by atoms with Gasteiger partial charge in [-0.05, 0) is 66.1 Å². The van der Waals surface area contributed by atoms with Gasteiger partial charge in [0.1, 0.15) is 5.75 Å². The lowest BCUT2D eigenvalue weighted by atomic mass is 9.98. The topological polar surface area (TPSA) is 29.5 Å². The highest BCUT2D eigenvalue weighted by molar-refractivity contribution is 5.78. The summed E-state index contributed by atoms with van der Waals surface area (Å²) in [5.41, 5.74) is 6.57. The number of methoxy groups -OCH3 is 1. The molecule has 0 spiro atoms. The number of ether oxygens (including phenoxy) is 1. The monoisotopic (exact) mass is 268 g/mol. The molecule has 0 saturated heterocycles. The fourth-order valence-electron chi connectivity index (χ4n) is 2.96. The van der Waals surface area contributed by atoms with Crippen LogP contribution in [0.1, 0.15) is 30.0 Å². The van der Waals surface area contributed by atoms with Gasteiger partial charge >= 0.3 is 0 Å². The van der Waals surface area contributed by atoms with Crippen LogP contribution >= 0.6 is 0 Å². The van der Waals surface area contributed by atoms with E-state index in [1.165, 1.54) is 27.8 Å². The molecule has 2 nitrogen and oxygen atoms in total. The molecule has 1 unspecified atom stereocenters. The second-order valence-electron chi connectivity index (χ2n) is 5.54. The number of aryl methyl sites for hydroxylation is 1. The van der Waals surface area contributed by atoms with Crippen LogP contribution in [0.5, 0.6) is 5.75 Å². The number of hydrogen-bond acceptors (Lipinski definition) is 2. The van der Waals surface area contributed by atoms with E-state index in [-0.39, 0.29) is 6.10 Å². The lowest BCUT2D eigenvalue weighted by Crippen LogP contribution is -2.03. The normalized spacial score (nSPS) is 13.8. The molecule has 2 aromatic carbocycles. The molecule has 0 fully saturated rings. The number of hydrogen-bond donors (Lipinski definition) is 1. The van der Waals surface area contributed by atoms with E-state index in [2.05, 4.69) is 36.4 Å². The Bertz CT molecular complexity index is 629. The van der Waals surface area contributed by atoms with Gasteiger partial charge in [0.25, 0.3) is 0 Å². The number of benzene rings is 2. The van der Waals surface area contributed by atoms with Gasteiger partial charge in [0.15, 0.2) is 0 Å². The minimum atomic E-state index is -0.278. The zero-order valence-electron chi connectivity index (χ0n) is 12.0. The third kappa shape index (κ3) is 2.32. The Morgan fingerprint density at radius 3 is 2.70 bits per heavy atom. The van der Waals surface area contributed by atoms with Crippen LogP contribution in [0.15, 0.2) is 36.4 Å². The van der Waals surface area contributed by atoms with Crippen molar-refractivity contribution in [3.8, 4) is 16.9 Å². The summed E-state index contributed by atoms with van der Waals surface area (Å²) in [4.78, 5) is 0. The summed E-state index contributed by atoms with van der Waals surface area (Å²) >= 11 is 0. The van der Waals surface area contributed by atoms with Gasteiger partial charge < -0.3 is 9.84 Å². The van der Waals surface area contributed by atoms with Crippen molar-refractivity contribution >= 4 is 0 Å². The van der Waals surface area contributed by atoms with Crippen molar-refractivity contribution in [2.45, 2.75) is 32.3 Å². The first-order chi connectivity index (χ1) is 9.69. The highest BCUT2D eigenvalue weighted by Gasteiger charge is 2.20. The van der Waals surface area contributed by atoms with E-state index in [1.54, 1.807) is 7.11 Å². The fourth-order valence-corrected chi connectivity index (χ4v) is 2.96. The third-order valence-electron chi connectivity index (χ3n) is 4.03. The standard InChI is InChI=1S/C18H20O2/c1-12(19)7-8-14-10-17-15(11-18(14)20-2)9-13-5-3-4-6-16(13)17/h3-6,10-12,19H,7-9H2,1-2H3. The molecule has 104 valence electrons. The Balaban J connectivity index is 2.02. The SMILES string of the molecule is COc1cc2c(cc1CCC(C)O)-c1ccccc1C2. The van der Waals surface area contributed by atoms with E-state index >= 15 is 0 Å². The van der Waals surface area contributed by atoms with Gasteiger partial charge in [-0.15, -0.1) is 0 Å². The van der Waals surface area contributed by atoms with Crippen LogP contribution in [0.3, 0.4) is 0 Å². The summed E-state index contributed by atoms with van der Waals surface area (Å²) in [5.74, 6) is 0.942. The van der Waals surface area contributed by atoms with Crippen LogP contribution in [-0.4, -0.2) is 18.3 Å². The molecule has 3 rings (SSSR count). The van der Waals surface area contributed by atoms with Crippen LogP contribution in [0.4, 0.5) is 0 Å². The van der Waals surface area contributed by atoms with Crippen LogP contribution in [-0.2, 0) is 12.8 Å². The summed E-state index contributed by atoms with van der Waals surface area (Å²) in [7, 11) is 1.72. The fraction of sp³-hybridized carbons (Fsp3) is 0.333. The second-order valence-corrected chi connectivity index (χ2v) is 5.54. The van der Waals surface area contributed by atoms with Crippen molar-refractivity contribution in [3.63, 3.8) is 0 Å². The lowest BCUT2D eigenvalue weighted by Gasteiger charge is -2.12. The van der Waals surface area contributed by atoms with Gasteiger partial charge in [0.05, 0.1) is 13.2 Å². The molecule has 0 amide bonds. The average molecular weight is 268 g/mol. The molecular weight excluding hydrogens is 248 g/mol. The molecule has 2 heteroatoms. The largest absolute Gasteiger partial charge is 0.496 e. The molecule has 0 aromatic heterocycles. The molecule has 20 heavy (non-hydrogen) atoms. The van der Waals surface area contributed by atoms with Crippen molar-refractivity contribution in [2.24, 2.45) is 0 Å². The first-order valence-corrected chi connectivity index (χ1v) is 7.15. The number of aliphatic hydroxyl groups is 1. The molecule has 1 N–H and O–H groups in total. The van der Waals surface area contributed by atoms with Gasteiger partial charge in [-0.2, -0.15) is 0 Å². The third-order valence-corrected chi connectivity index (χ3v) is 4.03.